The largest absolute Gasteiger partial charge is 0.497 e. The second kappa shape index (κ2) is 7.05. The summed E-state index contributed by atoms with van der Waals surface area (Å²) in [6, 6.07) is 12.4. The molecule has 0 saturated heterocycles. The summed E-state index contributed by atoms with van der Waals surface area (Å²) in [5, 5.41) is 5.74. The van der Waals surface area contributed by atoms with Crippen molar-refractivity contribution in [3.63, 3.8) is 0 Å². The number of hydrogen-bond donors (Lipinski definition) is 2. The zero-order chi connectivity index (χ0) is 17.1. The summed E-state index contributed by atoms with van der Waals surface area (Å²) in [6.07, 6.45) is 2.10. The third-order valence-electron chi connectivity index (χ3n) is 3.74. The maximum absolute atomic E-state index is 12.4. The second-order valence-electron chi connectivity index (χ2n) is 5.62. The normalized spacial score (nSPS) is 13.2. The Labute approximate surface area is 148 Å². The van der Waals surface area contributed by atoms with E-state index in [0.717, 1.165) is 12.8 Å². The van der Waals surface area contributed by atoms with E-state index >= 15 is 0 Å². The van der Waals surface area contributed by atoms with Crippen LogP contribution in [-0.2, 0) is 0 Å². The van der Waals surface area contributed by atoms with Gasteiger partial charge in [0.25, 0.3) is 11.8 Å². The van der Waals surface area contributed by atoms with Crippen molar-refractivity contribution >= 4 is 33.4 Å². The van der Waals surface area contributed by atoms with Crippen molar-refractivity contribution < 1.29 is 14.3 Å². The van der Waals surface area contributed by atoms with Crippen LogP contribution in [0.25, 0.3) is 0 Å². The molecule has 1 aliphatic carbocycles. The Kier molecular flexibility index (Phi) is 4.85. The van der Waals surface area contributed by atoms with Gasteiger partial charge >= 0.3 is 0 Å². The Morgan fingerprint density at radius 3 is 2.42 bits per heavy atom. The third kappa shape index (κ3) is 3.94. The first-order valence-electron chi connectivity index (χ1n) is 7.62. The smallest absolute Gasteiger partial charge is 0.256 e. The van der Waals surface area contributed by atoms with E-state index in [1.807, 2.05) is 0 Å². The fraction of sp³-hybridized carbons (Fsp3) is 0.222. The monoisotopic (exact) mass is 388 g/mol. The number of anilines is 1. The summed E-state index contributed by atoms with van der Waals surface area (Å²) in [4.78, 5) is 24.3. The van der Waals surface area contributed by atoms with E-state index in [4.69, 9.17) is 4.74 Å². The number of amides is 2. The minimum absolute atomic E-state index is 0.0779. The van der Waals surface area contributed by atoms with Crippen LogP contribution >= 0.6 is 15.9 Å². The lowest BCUT2D eigenvalue weighted by Gasteiger charge is -2.09. The molecular formula is C18H17BrN2O3. The van der Waals surface area contributed by atoms with E-state index in [1.54, 1.807) is 49.6 Å². The Morgan fingerprint density at radius 1 is 1.08 bits per heavy atom. The van der Waals surface area contributed by atoms with E-state index in [-0.39, 0.29) is 11.8 Å². The first kappa shape index (κ1) is 16.5. The molecule has 0 radical (unpaired) electrons. The Balaban J connectivity index is 1.69. The first-order valence-corrected chi connectivity index (χ1v) is 8.42. The Morgan fingerprint density at radius 2 is 1.79 bits per heavy atom. The summed E-state index contributed by atoms with van der Waals surface area (Å²) in [5.41, 5.74) is 1.69. The summed E-state index contributed by atoms with van der Waals surface area (Å²) < 4.78 is 5.83. The highest BCUT2D eigenvalue weighted by molar-refractivity contribution is 9.10. The zero-order valence-corrected chi connectivity index (χ0v) is 14.7. The van der Waals surface area contributed by atoms with Gasteiger partial charge in [0.05, 0.1) is 12.7 Å². The molecule has 1 aliphatic rings. The Bertz CT molecular complexity index is 770. The van der Waals surface area contributed by atoms with Gasteiger partial charge in [-0.15, -0.1) is 0 Å². The van der Waals surface area contributed by atoms with Gasteiger partial charge in [-0.2, -0.15) is 0 Å². The molecular weight excluding hydrogens is 372 g/mol. The van der Waals surface area contributed by atoms with Crippen LogP contribution in [0.5, 0.6) is 5.75 Å². The molecule has 5 nitrogen and oxygen atoms in total. The molecule has 0 unspecified atom stereocenters. The molecule has 0 aliphatic heterocycles. The van der Waals surface area contributed by atoms with Crippen molar-refractivity contribution in [2.45, 2.75) is 18.9 Å². The maximum Gasteiger partial charge on any atom is 0.256 e. The number of hydrogen-bond acceptors (Lipinski definition) is 3. The number of nitrogens with one attached hydrogen (secondary N) is 2. The maximum atomic E-state index is 12.4. The van der Waals surface area contributed by atoms with E-state index in [2.05, 4.69) is 26.6 Å². The van der Waals surface area contributed by atoms with Gasteiger partial charge in [-0.25, -0.2) is 0 Å². The summed E-state index contributed by atoms with van der Waals surface area (Å²) in [6.45, 7) is 0. The fourth-order valence-corrected chi connectivity index (χ4v) is 2.63. The van der Waals surface area contributed by atoms with Gasteiger partial charge in [-0.1, -0.05) is 0 Å². The van der Waals surface area contributed by atoms with Crippen molar-refractivity contribution in [2.75, 3.05) is 12.4 Å². The van der Waals surface area contributed by atoms with Gasteiger partial charge in [0, 0.05) is 21.8 Å². The van der Waals surface area contributed by atoms with Crippen LogP contribution in [0.15, 0.2) is 46.9 Å². The van der Waals surface area contributed by atoms with Gasteiger partial charge in [-0.3, -0.25) is 9.59 Å². The molecule has 2 aromatic rings. The predicted octanol–water partition coefficient (Wildman–Crippen LogP) is 3.60. The minimum Gasteiger partial charge on any atom is -0.497 e. The summed E-state index contributed by atoms with van der Waals surface area (Å²) >= 11 is 3.36. The van der Waals surface area contributed by atoms with Crippen molar-refractivity contribution in [3.8, 4) is 5.75 Å². The van der Waals surface area contributed by atoms with Crippen LogP contribution in [0.1, 0.15) is 33.6 Å². The van der Waals surface area contributed by atoms with Crippen LogP contribution in [0.3, 0.4) is 0 Å². The van der Waals surface area contributed by atoms with E-state index in [1.165, 1.54) is 0 Å². The first-order chi connectivity index (χ1) is 11.6. The van der Waals surface area contributed by atoms with Crippen LogP contribution in [-0.4, -0.2) is 25.0 Å². The average molecular weight is 389 g/mol. The molecule has 3 rings (SSSR count). The fourth-order valence-electron chi connectivity index (χ4n) is 2.21. The van der Waals surface area contributed by atoms with E-state index in [0.29, 0.717) is 33.1 Å². The third-order valence-corrected chi connectivity index (χ3v) is 4.43. The van der Waals surface area contributed by atoms with Crippen LogP contribution in [0.2, 0.25) is 0 Å². The van der Waals surface area contributed by atoms with Crippen molar-refractivity contribution in [1.29, 1.82) is 0 Å². The molecule has 1 fully saturated rings. The minimum atomic E-state index is -0.254. The SMILES string of the molecule is COc1ccc(Br)c(C(=O)Nc2ccc(C(=O)NC3CC3)cc2)c1. The van der Waals surface area contributed by atoms with Crippen molar-refractivity contribution in [1.82, 2.24) is 5.32 Å². The standard InChI is InChI=1S/C18H17BrN2O3/c1-24-14-8-9-16(19)15(10-14)18(23)21-12-4-2-11(3-5-12)17(22)20-13-6-7-13/h2-5,8-10,13H,6-7H2,1H3,(H,20,22)(H,21,23). The number of carbonyl (C=O) groups is 2. The number of methoxy groups -OCH3 is 1. The molecule has 6 heteroatoms. The molecule has 0 aromatic heterocycles. The van der Waals surface area contributed by atoms with Gasteiger partial charge < -0.3 is 15.4 Å². The molecule has 2 N–H and O–H groups in total. The quantitative estimate of drug-likeness (QED) is 0.821. The van der Waals surface area contributed by atoms with Crippen molar-refractivity contribution in [2.24, 2.45) is 0 Å². The van der Waals surface area contributed by atoms with Gasteiger partial charge in [0.1, 0.15) is 5.75 Å². The summed E-state index contributed by atoms with van der Waals surface area (Å²) in [7, 11) is 1.55. The molecule has 1 saturated carbocycles. The zero-order valence-electron chi connectivity index (χ0n) is 13.1. The topological polar surface area (TPSA) is 67.4 Å². The molecule has 2 amide bonds. The molecule has 2 aromatic carbocycles. The highest BCUT2D eigenvalue weighted by atomic mass is 79.9. The van der Waals surface area contributed by atoms with Crippen LogP contribution < -0.4 is 15.4 Å². The molecule has 0 heterocycles. The van der Waals surface area contributed by atoms with Gasteiger partial charge in [-0.05, 0) is 71.2 Å². The highest BCUT2D eigenvalue weighted by Crippen LogP contribution is 2.24. The highest BCUT2D eigenvalue weighted by Gasteiger charge is 2.23. The average Bonchev–Trinajstić information content (AvgIpc) is 3.39. The lowest BCUT2D eigenvalue weighted by Crippen LogP contribution is -2.25. The Hall–Kier alpha value is -2.34. The number of carbonyl (C=O) groups excluding carboxylic acids is 2. The number of benzene rings is 2. The molecule has 0 atom stereocenters. The van der Waals surface area contributed by atoms with Crippen LogP contribution in [0.4, 0.5) is 5.69 Å². The lowest BCUT2D eigenvalue weighted by atomic mass is 10.1. The number of rotatable bonds is 5. The summed E-state index contributed by atoms with van der Waals surface area (Å²) in [5.74, 6) is 0.275. The van der Waals surface area contributed by atoms with Gasteiger partial charge in [0.15, 0.2) is 0 Å². The van der Waals surface area contributed by atoms with E-state index in [9.17, 15) is 9.59 Å². The molecule has 124 valence electrons. The van der Waals surface area contributed by atoms with Gasteiger partial charge in [0.2, 0.25) is 0 Å². The number of ether oxygens (including phenoxy) is 1. The van der Waals surface area contributed by atoms with Crippen molar-refractivity contribution in [3.05, 3.63) is 58.1 Å². The molecule has 0 spiro atoms. The second-order valence-corrected chi connectivity index (χ2v) is 6.48. The predicted molar refractivity (Wildman–Crippen MR) is 95.6 cm³/mol. The van der Waals surface area contributed by atoms with E-state index < -0.39 is 0 Å². The van der Waals surface area contributed by atoms with Crippen LogP contribution in [0, 0.1) is 0 Å². The molecule has 24 heavy (non-hydrogen) atoms. The number of halogens is 1. The molecule has 0 bridgehead atoms. The lowest BCUT2D eigenvalue weighted by molar-refractivity contribution is 0.0950.